The Morgan fingerprint density at radius 3 is 2.50 bits per heavy atom. The Morgan fingerprint density at radius 2 is 2.00 bits per heavy atom. The van der Waals surface area contributed by atoms with Crippen LogP contribution < -0.4 is 17.2 Å². The number of nitrogens with zero attached hydrogens (tertiary/aromatic N) is 1. The molecule has 18 heavy (non-hydrogen) atoms. The number of hydrogen-bond acceptors (Lipinski definition) is 5. The molecule has 0 heterocycles. The number of esters is 1. The van der Waals surface area contributed by atoms with Gasteiger partial charge in [0, 0.05) is 6.54 Å². The van der Waals surface area contributed by atoms with Crippen molar-refractivity contribution >= 4 is 17.9 Å². The van der Waals surface area contributed by atoms with E-state index in [1.165, 1.54) is 6.92 Å². The van der Waals surface area contributed by atoms with E-state index < -0.39 is 24.1 Å². The van der Waals surface area contributed by atoms with Crippen LogP contribution in [0.4, 0.5) is 0 Å². The zero-order valence-electron chi connectivity index (χ0n) is 10.3. The summed E-state index contributed by atoms with van der Waals surface area (Å²) in [5, 5.41) is 8.50. The lowest BCUT2D eigenvalue weighted by atomic mass is 10.1. The summed E-state index contributed by atoms with van der Waals surface area (Å²) in [5.74, 6) is -1.66. The van der Waals surface area contributed by atoms with E-state index in [9.17, 15) is 9.59 Å². The van der Waals surface area contributed by atoms with Crippen LogP contribution in [0.25, 0.3) is 0 Å². The third kappa shape index (κ3) is 8.34. The Labute approximate surface area is 105 Å². The lowest BCUT2D eigenvalue weighted by Gasteiger charge is -2.15. The minimum Gasteiger partial charge on any atom is -0.481 e. The fourth-order valence-electron chi connectivity index (χ4n) is 1.21. The highest BCUT2D eigenvalue weighted by molar-refractivity contribution is 5.76. The van der Waals surface area contributed by atoms with Crippen molar-refractivity contribution in [1.29, 1.82) is 0 Å². The first-order chi connectivity index (χ1) is 8.32. The van der Waals surface area contributed by atoms with Crippen LogP contribution >= 0.6 is 0 Å². The number of hydrogen-bond donors (Lipinski definition) is 4. The molecule has 8 heteroatoms. The van der Waals surface area contributed by atoms with Crippen LogP contribution in [0, 0.1) is 0 Å². The van der Waals surface area contributed by atoms with Gasteiger partial charge in [0.2, 0.25) is 0 Å². The molecule has 0 fully saturated rings. The number of guanidine groups is 1. The Bertz CT molecular complexity index is 315. The van der Waals surface area contributed by atoms with Gasteiger partial charge in [0.15, 0.2) is 5.96 Å². The summed E-state index contributed by atoms with van der Waals surface area (Å²) in [5.41, 5.74) is 15.8. The van der Waals surface area contributed by atoms with Crippen LogP contribution in [0.5, 0.6) is 0 Å². The van der Waals surface area contributed by atoms with Gasteiger partial charge in [0.05, 0.1) is 6.42 Å². The van der Waals surface area contributed by atoms with Crippen molar-refractivity contribution < 1.29 is 19.4 Å². The van der Waals surface area contributed by atoms with E-state index in [0.29, 0.717) is 19.4 Å². The maximum absolute atomic E-state index is 11.4. The van der Waals surface area contributed by atoms with Crippen LogP contribution in [-0.2, 0) is 14.3 Å². The molecule has 2 unspecified atom stereocenters. The first-order valence-corrected chi connectivity index (χ1v) is 5.56. The molecular weight excluding hydrogens is 240 g/mol. The largest absolute Gasteiger partial charge is 0.481 e. The number of rotatable bonds is 8. The second-order valence-electron chi connectivity index (χ2n) is 3.90. The fraction of sp³-hybridized carbons (Fsp3) is 0.700. The molecule has 7 N–H and O–H groups in total. The fourth-order valence-corrected chi connectivity index (χ4v) is 1.21. The summed E-state index contributed by atoms with van der Waals surface area (Å²) < 4.78 is 4.87. The number of ether oxygens (including phenoxy) is 1. The maximum Gasteiger partial charge on any atom is 0.323 e. The Hall–Kier alpha value is -1.83. The van der Waals surface area contributed by atoms with Crippen molar-refractivity contribution in [2.75, 3.05) is 6.54 Å². The first kappa shape index (κ1) is 16.2. The third-order valence-corrected chi connectivity index (χ3v) is 2.05. The molecule has 0 aromatic heterocycles. The van der Waals surface area contributed by atoms with E-state index in [-0.39, 0.29) is 12.4 Å². The highest BCUT2D eigenvalue weighted by Gasteiger charge is 2.18. The van der Waals surface area contributed by atoms with Crippen LogP contribution in [-0.4, -0.2) is 41.7 Å². The van der Waals surface area contributed by atoms with E-state index in [1.54, 1.807) is 0 Å². The topological polar surface area (TPSA) is 154 Å². The van der Waals surface area contributed by atoms with Gasteiger partial charge < -0.3 is 27.0 Å². The molecule has 104 valence electrons. The summed E-state index contributed by atoms with van der Waals surface area (Å²) in [6, 6.07) is -0.796. The molecule has 0 aromatic rings. The smallest absolute Gasteiger partial charge is 0.323 e. The van der Waals surface area contributed by atoms with E-state index in [4.69, 9.17) is 27.0 Å². The van der Waals surface area contributed by atoms with E-state index in [1.807, 2.05) is 0 Å². The van der Waals surface area contributed by atoms with Crippen LogP contribution in [0.3, 0.4) is 0 Å². The number of carboxylic acid groups (broad SMARTS) is 1. The van der Waals surface area contributed by atoms with Crippen LogP contribution in [0.2, 0.25) is 0 Å². The molecular formula is C10H20N4O4. The molecule has 0 spiro atoms. The zero-order valence-corrected chi connectivity index (χ0v) is 10.3. The number of carbonyl (C=O) groups is 2. The van der Waals surface area contributed by atoms with Gasteiger partial charge in [0.25, 0.3) is 0 Å². The Balaban J connectivity index is 3.89. The molecule has 0 bridgehead atoms. The number of nitrogens with two attached hydrogens (primary N) is 3. The van der Waals surface area contributed by atoms with Gasteiger partial charge in [-0.2, -0.15) is 0 Å². The van der Waals surface area contributed by atoms with E-state index in [0.717, 1.165) is 0 Å². The molecule has 0 amide bonds. The van der Waals surface area contributed by atoms with E-state index in [2.05, 4.69) is 4.99 Å². The van der Waals surface area contributed by atoms with Gasteiger partial charge in [-0.25, -0.2) is 0 Å². The first-order valence-electron chi connectivity index (χ1n) is 5.56. The van der Waals surface area contributed by atoms with Crippen LogP contribution in [0.15, 0.2) is 4.99 Å². The molecule has 0 aliphatic rings. The van der Waals surface area contributed by atoms with Gasteiger partial charge >= 0.3 is 11.9 Å². The summed E-state index contributed by atoms with van der Waals surface area (Å²) in [7, 11) is 0. The Kier molecular flexibility index (Phi) is 7.45. The minimum absolute atomic E-state index is 0.0128. The average molecular weight is 260 g/mol. The number of carbonyl (C=O) groups excluding carboxylic acids is 1. The lowest BCUT2D eigenvalue weighted by Crippen LogP contribution is -2.35. The van der Waals surface area contributed by atoms with Gasteiger partial charge in [-0.05, 0) is 19.8 Å². The van der Waals surface area contributed by atoms with Crippen molar-refractivity contribution in [3.05, 3.63) is 0 Å². The number of carboxylic acids is 1. The molecule has 0 saturated heterocycles. The van der Waals surface area contributed by atoms with Gasteiger partial charge in [0.1, 0.15) is 12.1 Å². The summed E-state index contributed by atoms with van der Waals surface area (Å²) in [6.07, 6.45) is -0.0256. The molecule has 8 nitrogen and oxygen atoms in total. The molecule has 0 aromatic carbocycles. The summed E-state index contributed by atoms with van der Waals surface area (Å²) in [6.45, 7) is 1.88. The highest BCUT2D eigenvalue weighted by Crippen LogP contribution is 2.03. The van der Waals surface area contributed by atoms with Crippen molar-refractivity contribution in [2.45, 2.75) is 38.3 Å². The third-order valence-electron chi connectivity index (χ3n) is 2.05. The molecule has 0 radical (unpaired) electrons. The van der Waals surface area contributed by atoms with Crippen molar-refractivity contribution in [3.8, 4) is 0 Å². The Morgan fingerprint density at radius 1 is 1.39 bits per heavy atom. The van der Waals surface area contributed by atoms with Gasteiger partial charge in [-0.1, -0.05) is 0 Å². The molecule has 0 aliphatic carbocycles. The SMILES string of the molecule is CC(CC(=O)O)OC(=O)C(N)CCCN=C(N)N. The lowest BCUT2D eigenvalue weighted by molar-refractivity contribution is -0.153. The standard InChI is InChI=1S/C10H20N4O4/c1-6(5-8(15)16)18-9(17)7(11)3-2-4-14-10(12)13/h6-7H,2-5,11H2,1H3,(H,15,16)(H4,12,13,14). The predicted octanol–water partition coefficient (Wildman–Crippen LogP) is -1.23. The quantitative estimate of drug-likeness (QED) is 0.184. The minimum atomic E-state index is -1.03. The monoisotopic (exact) mass is 260 g/mol. The maximum atomic E-state index is 11.4. The second kappa shape index (κ2) is 8.29. The predicted molar refractivity (Wildman–Crippen MR) is 65.7 cm³/mol. The van der Waals surface area contributed by atoms with Crippen molar-refractivity contribution in [3.63, 3.8) is 0 Å². The van der Waals surface area contributed by atoms with Crippen molar-refractivity contribution in [2.24, 2.45) is 22.2 Å². The summed E-state index contributed by atoms with van der Waals surface area (Å²) in [4.78, 5) is 25.6. The summed E-state index contributed by atoms with van der Waals surface area (Å²) >= 11 is 0. The molecule has 0 aliphatic heterocycles. The van der Waals surface area contributed by atoms with Crippen LogP contribution in [0.1, 0.15) is 26.2 Å². The number of aliphatic imine (C=N–C) groups is 1. The molecule has 0 saturated carbocycles. The zero-order chi connectivity index (χ0) is 14.1. The highest BCUT2D eigenvalue weighted by atomic mass is 16.5. The molecule has 2 atom stereocenters. The van der Waals surface area contributed by atoms with Gasteiger partial charge in [-0.3, -0.25) is 14.6 Å². The normalized spacial score (nSPS) is 13.4. The second-order valence-corrected chi connectivity index (χ2v) is 3.90. The van der Waals surface area contributed by atoms with Crippen molar-refractivity contribution in [1.82, 2.24) is 0 Å². The molecule has 0 rings (SSSR count). The van der Waals surface area contributed by atoms with Gasteiger partial charge in [-0.15, -0.1) is 0 Å². The average Bonchev–Trinajstić information content (AvgIpc) is 2.22. The van der Waals surface area contributed by atoms with E-state index >= 15 is 0 Å². The number of aliphatic carboxylic acids is 1.